The molecule has 0 amide bonds. The van der Waals surface area contributed by atoms with Crippen LogP contribution < -0.4 is 16.0 Å². The third-order valence-electron chi connectivity index (χ3n) is 2.92. The summed E-state index contributed by atoms with van der Waals surface area (Å²) in [6.45, 7) is 8.20. The van der Waals surface area contributed by atoms with Crippen molar-refractivity contribution in [1.29, 1.82) is 0 Å². The van der Waals surface area contributed by atoms with E-state index in [1.807, 2.05) is 13.0 Å². The van der Waals surface area contributed by atoms with Crippen molar-refractivity contribution in [2.75, 3.05) is 30.4 Å². The van der Waals surface area contributed by atoms with Gasteiger partial charge < -0.3 is 16.0 Å². The van der Waals surface area contributed by atoms with Gasteiger partial charge >= 0.3 is 0 Å². The van der Waals surface area contributed by atoms with Crippen molar-refractivity contribution >= 4 is 11.6 Å². The molecule has 0 bridgehead atoms. The summed E-state index contributed by atoms with van der Waals surface area (Å²) in [6, 6.07) is 2.08. The van der Waals surface area contributed by atoms with Crippen LogP contribution in [0.5, 0.6) is 0 Å². The smallest absolute Gasteiger partial charge is 0.133 e. The largest absolute Gasteiger partial charge is 0.368 e. The molecule has 0 fully saturated rings. The highest BCUT2D eigenvalue weighted by molar-refractivity contribution is 5.47. The van der Waals surface area contributed by atoms with Gasteiger partial charge in [0.1, 0.15) is 18.0 Å². The van der Waals surface area contributed by atoms with Gasteiger partial charge in [-0.2, -0.15) is 0 Å². The van der Waals surface area contributed by atoms with Crippen molar-refractivity contribution in [2.24, 2.45) is 11.7 Å². The van der Waals surface area contributed by atoms with Crippen molar-refractivity contribution in [3.05, 3.63) is 12.4 Å². The fourth-order valence-corrected chi connectivity index (χ4v) is 1.77. The lowest BCUT2D eigenvalue weighted by atomic mass is 10.1. The summed E-state index contributed by atoms with van der Waals surface area (Å²) in [5.74, 6) is 2.53. The number of nitrogens with two attached hydrogens (primary N) is 1. The van der Waals surface area contributed by atoms with Gasteiger partial charge in [0.25, 0.3) is 0 Å². The Kier molecular flexibility index (Phi) is 6.56. The van der Waals surface area contributed by atoms with E-state index < -0.39 is 0 Å². The van der Waals surface area contributed by atoms with Gasteiger partial charge in [-0.15, -0.1) is 0 Å². The van der Waals surface area contributed by atoms with Crippen LogP contribution in [0.1, 0.15) is 33.6 Å². The van der Waals surface area contributed by atoms with Gasteiger partial charge in [-0.1, -0.05) is 13.8 Å². The summed E-state index contributed by atoms with van der Waals surface area (Å²) in [4.78, 5) is 10.7. The number of rotatable bonds is 8. The molecule has 0 radical (unpaired) electrons. The first kappa shape index (κ1) is 15.7. The van der Waals surface area contributed by atoms with E-state index in [1.54, 1.807) is 6.33 Å². The second-order valence-corrected chi connectivity index (χ2v) is 5.58. The third kappa shape index (κ3) is 6.38. The minimum atomic E-state index is 0.113. The number of hydrogen-bond acceptors (Lipinski definition) is 5. The topological polar surface area (TPSA) is 67.1 Å². The molecular formula is C14H27N5. The molecule has 0 spiro atoms. The maximum absolute atomic E-state index is 5.72. The van der Waals surface area contributed by atoms with Crippen LogP contribution in [0.25, 0.3) is 0 Å². The molecule has 5 nitrogen and oxygen atoms in total. The number of nitrogens with zero attached hydrogens (tertiary/aromatic N) is 3. The average Bonchev–Trinajstić information content (AvgIpc) is 2.36. The van der Waals surface area contributed by atoms with Crippen LogP contribution in [-0.2, 0) is 0 Å². The molecule has 0 aliphatic rings. The highest BCUT2D eigenvalue weighted by Crippen LogP contribution is 2.14. The Morgan fingerprint density at radius 2 is 2.05 bits per heavy atom. The molecule has 1 aromatic heterocycles. The fourth-order valence-electron chi connectivity index (χ4n) is 1.77. The summed E-state index contributed by atoms with van der Waals surface area (Å²) < 4.78 is 0. The van der Waals surface area contributed by atoms with Crippen LogP contribution in [0.2, 0.25) is 0 Å². The minimum Gasteiger partial charge on any atom is -0.368 e. The molecule has 108 valence electrons. The standard InChI is InChI=1S/C14H27N5/c1-11(2)6-5-7-19(4)14-8-13(17-10-18-14)16-9-12(3)15/h8,10-12H,5-7,9,15H2,1-4H3,(H,16,17,18). The van der Waals surface area contributed by atoms with Crippen molar-refractivity contribution in [2.45, 2.75) is 39.7 Å². The molecule has 3 N–H and O–H groups in total. The third-order valence-corrected chi connectivity index (χ3v) is 2.92. The molecule has 0 saturated heterocycles. The van der Waals surface area contributed by atoms with Gasteiger partial charge in [0.15, 0.2) is 0 Å². The fraction of sp³-hybridized carbons (Fsp3) is 0.714. The number of hydrogen-bond donors (Lipinski definition) is 2. The lowest BCUT2D eigenvalue weighted by Gasteiger charge is -2.19. The van der Waals surface area contributed by atoms with Crippen molar-refractivity contribution < 1.29 is 0 Å². The van der Waals surface area contributed by atoms with E-state index in [4.69, 9.17) is 5.73 Å². The zero-order valence-electron chi connectivity index (χ0n) is 12.6. The van der Waals surface area contributed by atoms with Crippen LogP contribution >= 0.6 is 0 Å². The maximum Gasteiger partial charge on any atom is 0.133 e. The summed E-state index contributed by atoms with van der Waals surface area (Å²) in [7, 11) is 2.07. The van der Waals surface area contributed by atoms with E-state index in [-0.39, 0.29) is 6.04 Å². The molecule has 0 aliphatic heterocycles. The summed E-state index contributed by atoms with van der Waals surface area (Å²) >= 11 is 0. The Labute approximate surface area is 116 Å². The van der Waals surface area contributed by atoms with Gasteiger partial charge in [-0.3, -0.25) is 0 Å². The molecular weight excluding hydrogens is 238 g/mol. The first-order valence-corrected chi connectivity index (χ1v) is 7.01. The molecule has 0 saturated carbocycles. The zero-order chi connectivity index (χ0) is 14.3. The highest BCUT2D eigenvalue weighted by Gasteiger charge is 2.05. The number of anilines is 2. The van der Waals surface area contributed by atoms with Crippen molar-refractivity contribution in [3.8, 4) is 0 Å². The summed E-state index contributed by atoms with van der Waals surface area (Å²) in [6.07, 6.45) is 4.02. The predicted octanol–water partition coefficient (Wildman–Crippen LogP) is 2.11. The Morgan fingerprint density at radius 1 is 1.32 bits per heavy atom. The van der Waals surface area contributed by atoms with Gasteiger partial charge in [0.2, 0.25) is 0 Å². The summed E-state index contributed by atoms with van der Waals surface area (Å²) in [5.41, 5.74) is 5.72. The zero-order valence-corrected chi connectivity index (χ0v) is 12.6. The molecule has 1 atom stereocenters. The SMILES string of the molecule is CC(C)CCCN(C)c1cc(NCC(C)N)ncn1. The molecule has 5 heteroatoms. The Hall–Kier alpha value is -1.36. The van der Waals surface area contributed by atoms with E-state index >= 15 is 0 Å². The summed E-state index contributed by atoms with van der Waals surface area (Å²) in [5, 5.41) is 3.21. The maximum atomic E-state index is 5.72. The second-order valence-electron chi connectivity index (χ2n) is 5.58. The number of aromatic nitrogens is 2. The lowest BCUT2D eigenvalue weighted by Crippen LogP contribution is -2.26. The van der Waals surface area contributed by atoms with Gasteiger partial charge in [0.05, 0.1) is 0 Å². The van der Waals surface area contributed by atoms with E-state index in [0.717, 1.165) is 24.1 Å². The van der Waals surface area contributed by atoms with Crippen molar-refractivity contribution in [1.82, 2.24) is 9.97 Å². The van der Waals surface area contributed by atoms with Crippen LogP contribution in [0, 0.1) is 5.92 Å². The quantitative estimate of drug-likeness (QED) is 0.753. The van der Waals surface area contributed by atoms with Crippen LogP contribution in [-0.4, -0.2) is 36.1 Å². The van der Waals surface area contributed by atoms with Crippen LogP contribution in [0.15, 0.2) is 12.4 Å². The highest BCUT2D eigenvalue weighted by atomic mass is 15.2. The Morgan fingerprint density at radius 3 is 2.68 bits per heavy atom. The van der Waals surface area contributed by atoms with Gasteiger partial charge in [-0.25, -0.2) is 9.97 Å². The van der Waals surface area contributed by atoms with E-state index in [1.165, 1.54) is 12.8 Å². The molecule has 1 unspecified atom stereocenters. The normalized spacial score (nSPS) is 12.5. The first-order chi connectivity index (χ1) is 8.99. The molecule has 1 aromatic rings. The second kappa shape index (κ2) is 7.94. The predicted molar refractivity (Wildman–Crippen MR) is 81.5 cm³/mol. The Balaban J connectivity index is 2.50. The van der Waals surface area contributed by atoms with Crippen LogP contribution in [0.4, 0.5) is 11.6 Å². The van der Waals surface area contributed by atoms with E-state index in [9.17, 15) is 0 Å². The lowest BCUT2D eigenvalue weighted by molar-refractivity contribution is 0.555. The minimum absolute atomic E-state index is 0.113. The van der Waals surface area contributed by atoms with E-state index in [2.05, 4.69) is 41.1 Å². The average molecular weight is 265 g/mol. The van der Waals surface area contributed by atoms with E-state index in [0.29, 0.717) is 6.54 Å². The van der Waals surface area contributed by atoms with Gasteiger partial charge in [0, 0.05) is 32.2 Å². The Bertz CT molecular complexity index is 365. The van der Waals surface area contributed by atoms with Gasteiger partial charge in [-0.05, 0) is 25.7 Å². The molecule has 19 heavy (non-hydrogen) atoms. The molecule has 1 heterocycles. The van der Waals surface area contributed by atoms with Crippen LogP contribution in [0.3, 0.4) is 0 Å². The number of nitrogens with one attached hydrogen (secondary N) is 1. The van der Waals surface area contributed by atoms with Crippen molar-refractivity contribution in [3.63, 3.8) is 0 Å². The first-order valence-electron chi connectivity index (χ1n) is 7.01. The molecule has 0 aromatic carbocycles. The monoisotopic (exact) mass is 265 g/mol. The molecule has 1 rings (SSSR count). The molecule has 0 aliphatic carbocycles.